The predicted molar refractivity (Wildman–Crippen MR) is 86.3 cm³/mol. The van der Waals surface area contributed by atoms with Crippen LogP contribution in [0.3, 0.4) is 0 Å². The van der Waals surface area contributed by atoms with E-state index in [1.54, 1.807) is 17.0 Å². The number of amides is 1. The Morgan fingerprint density at radius 3 is 2.48 bits per heavy atom. The number of nitrogens with zero attached hydrogens (tertiary/aromatic N) is 1. The second-order valence-electron chi connectivity index (χ2n) is 5.99. The van der Waals surface area contributed by atoms with Gasteiger partial charge in [0.05, 0.1) is 5.92 Å². The van der Waals surface area contributed by atoms with Crippen molar-refractivity contribution in [1.82, 2.24) is 4.90 Å². The number of hydrogen-bond donors (Lipinski definition) is 1. The molecule has 2 rings (SSSR count). The molecule has 1 aliphatic rings. The number of hydrogen-bond acceptors (Lipinski definition) is 3. The van der Waals surface area contributed by atoms with Gasteiger partial charge in [0.1, 0.15) is 0 Å². The van der Waals surface area contributed by atoms with Gasteiger partial charge in [-0.05, 0) is 24.8 Å². The topological polar surface area (TPSA) is 74.7 Å². The van der Waals surface area contributed by atoms with Gasteiger partial charge < -0.3 is 10.0 Å². The lowest BCUT2D eigenvalue weighted by molar-refractivity contribution is -0.145. The van der Waals surface area contributed by atoms with Crippen LogP contribution in [-0.2, 0) is 16.0 Å². The van der Waals surface area contributed by atoms with E-state index in [9.17, 15) is 14.4 Å². The molecular formula is C18H23NO4. The molecule has 1 fully saturated rings. The maximum Gasteiger partial charge on any atom is 0.308 e. The van der Waals surface area contributed by atoms with Gasteiger partial charge in [-0.25, -0.2) is 0 Å². The zero-order valence-corrected chi connectivity index (χ0v) is 13.5. The quantitative estimate of drug-likeness (QED) is 0.818. The van der Waals surface area contributed by atoms with Gasteiger partial charge in [-0.2, -0.15) is 0 Å². The van der Waals surface area contributed by atoms with Gasteiger partial charge in [-0.15, -0.1) is 0 Å². The van der Waals surface area contributed by atoms with Crippen molar-refractivity contribution in [3.63, 3.8) is 0 Å². The van der Waals surface area contributed by atoms with E-state index >= 15 is 0 Å². The highest BCUT2D eigenvalue weighted by Crippen LogP contribution is 2.18. The molecule has 124 valence electrons. The lowest BCUT2D eigenvalue weighted by Gasteiger charge is -2.30. The monoisotopic (exact) mass is 317 g/mol. The van der Waals surface area contributed by atoms with Crippen LogP contribution >= 0.6 is 0 Å². The van der Waals surface area contributed by atoms with Crippen LogP contribution in [0.15, 0.2) is 24.3 Å². The molecule has 1 atom stereocenters. The zero-order valence-electron chi connectivity index (χ0n) is 13.5. The largest absolute Gasteiger partial charge is 0.481 e. The maximum absolute atomic E-state index is 12.2. The summed E-state index contributed by atoms with van der Waals surface area (Å²) in [7, 11) is 0. The Labute approximate surface area is 136 Å². The van der Waals surface area contributed by atoms with E-state index in [0.717, 1.165) is 6.42 Å². The number of aryl methyl sites for hydroxylation is 1. The highest BCUT2D eigenvalue weighted by molar-refractivity contribution is 5.98. The van der Waals surface area contributed by atoms with E-state index in [2.05, 4.69) is 6.92 Å². The number of benzene rings is 1. The number of piperidine rings is 1. The first-order valence-corrected chi connectivity index (χ1v) is 8.14. The summed E-state index contributed by atoms with van der Waals surface area (Å²) in [6.07, 6.45) is 2.54. The van der Waals surface area contributed by atoms with E-state index in [0.29, 0.717) is 24.9 Å². The third kappa shape index (κ3) is 4.65. The molecule has 0 radical (unpaired) electrons. The molecule has 0 aromatic heterocycles. The number of carboxylic acid groups (broad SMARTS) is 1. The summed E-state index contributed by atoms with van der Waals surface area (Å²) in [5, 5.41) is 9.06. The van der Waals surface area contributed by atoms with Crippen molar-refractivity contribution < 1.29 is 19.5 Å². The van der Waals surface area contributed by atoms with Crippen LogP contribution < -0.4 is 0 Å². The highest BCUT2D eigenvalue weighted by Gasteiger charge is 2.28. The average molecular weight is 317 g/mol. The molecule has 1 amide bonds. The van der Waals surface area contributed by atoms with Crippen molar-refractivity contribution in [3.05, 3.63) is 35.4 Å². The molecule has 1 aromatic carbocycles. The normalized spacial score (nSPS) is 17.8. The Bertz CT molecular complexity index is 579. The fraction of sp³-hybridized carbons (Fsp3) is 0.500. The molecule has 1 heterocycles. The van der Waals surface area contributed by atoms with Gasteiger partial charge in [-0.3, -0.25) is 14.4 Å². The van der Waals surface area contributed by atoms with Crippen LogP contribution in [0.25, 0.3) is 0 Å². The molecule has 1 N–H and O–H groups in total. The third-order valence-corrected chi connectivity index (χ3v) is 4.37. The Kier molecular flexibility index (Phi) is 5.90. The first-order valence-electron chi connectivity index (χ1n) is 8.14. The molecule has 0 aliphatic carbocycles. The molecule has 1 unspecified atom stereocenters. The van der Waals surface area contributed by atoms with Crippen LogP contribution in [0.2, 0.25) is 0 Å². The van der Waals surface area contributed by atoms with Crippen LogP contribution in [0.1, 0.15) is 48.5 Å². The number of rotatable bonds is 6. The first kappa shape index (κ1) is 17.2. The lowest BCUT2D eigenvalue weighted by atomic mass is 9.97. The Morgan fingerprint density at radius 2 is 1.87 bits per heavy atom. The van der Waals surface area contributed by atoms with Crippen molar-refractivity contribution in [2.75, 3.05) is 13.1 Å². The average Bonchev–Trinajstić information content (AvgIpc) is 2.59. The van der Waals surface area contributed by atoms with Crippen LogP contribution in [0.5, 0.6) is 0 Å². The fourth-order valence-corrected chi connectivity index (χ4v) is 2.85. The molecule has 5 heteroatoms. The van der Waals surface area contributed by atoms with Gasteiger partial charge in [0.2, 0.25) is 5.91 Å². The van der Waals surface area contributed by atoms with Crippen molar-refractivity contribution in [2.24, 2.45) is 5.92 Å². The van der Waals surface area contributed by atoms with Crippen molar-refractivity contribution in [1.29, 1.82) is 0 Å². The molecule has 23 heavy (non-hydrogen) atoms. The van der Waals surface area contributed by atoms with Crippen LogP contribution in [0, 0.1) is 5.92 Å². The summed E-state index contributed by atoms with van der Waals surface area (Å²) in [6, 6.07) is 7.45. The minimum absolute atomic E-state index is 0.0483. The summed E-state index contributed by atoms with van der Waals surface area (Å²) in [4.78, 5) is 36.9. The summed E-state index contributed by atoms with van der Waals surface area (Å²) in [5.74, 6) is -1.51. The standard InChI is InChI=1S/C18H23NO4/c1-2-13-5-7-14(8-6-13)16(20)9-10-17(21)19-11-3-4-15(12-19)18(22)23/h5-8,15H,2-4,9-12H2,1H3,(H,22,23). The molecule has 5 nitrogen and oxygen atoms in total. The van der Waals surface area contributed by atoms with Gasteiger partial charge >= 0.3 is 5.97 Å². The number of aliphatic carboxylic acids is 1. The molecule has 1 aliphatic heterocycles. The third-order valence-electron chi connectivity index (χ3n) is 4.37. The second-order valence-corrected chi connectivity index (χ2v) is 5.99. The summed E-state index contributed by atoms with van der Waals surface area (Å²) in [6.45, 7) is 2.90. The Hall–Kier alpha value is -2.17. The molecule has 1 saturated heterocycles. The number of ketones is 1. The number of carboxylic acids is 1. The lowest BCUT2D eigenvalue weighted by Crippen LogP contribution is -2.42. The molecule has 0 spiro atoms. The summed E-state index contributed by atoms with van der Waals surface area (Å²) < 4.78 is 0. The van der Waals surface area contributed by atoms with Crippen molar-refractivity contribution >= 4 is 17.7 Å². The van der Waals surface area contributed by atoms with E-state index in [1.807, 2.05) is 12.1 Å². The predicted octanol–water partition coefficient (Wildman–Crippen LogP) is 2.54. The van der Waals surface area contributed by atoms with Gasteiger partial charge in [-0.1, -0.05) is 31.2 Å². The van der Waals surface area contributed by atoms with Crippen molar-refractivity contribution in [3.8, 4) is 0 Å². The second kappa shape index (κ2) is 7.90. The number of likely N-dealkylation sites (tertiary alicyclic amines) is 1. The van der Waals surface area contributed by atoms with Crippen LogP contribution in [0.4, 0.5) is 0 Å². The minimum Gasteiger partial charge on any atom is -0.481 e. The molecule has 0 bridgehead atoms. The number of Topliss-reactive ketones (excluding diaryl/α,β-unsaturated/α-hetero) is 1. The van der Waals surface area contributed by atoms with Gasteiger partial charge in [0, 0.05) is 31.5 Å². The van der Waals surface area contributed by atoms with Crippen LogP contribution in [-0.4, -0.2) is 40.8 Å². The van der Waals surface area contributed by atoms with Gasteiger partial charge in [0.15, 0.2) is 5.78 Å². The number of carbonyl (C=O) groups excluding carboxylic acids is 2. The first-order chi connectivity index (χ1) is 11.0. The highest BCUT2D eigenvalue weighted by atomic mass is 16.4. The smallest absolute Gasteiger partial charge is 0.308 e. The summed E-state index contributed by atoms with van der Waals surface area (Å²) >= 11 is 0. The van der Waals surface area contributed by atoms with Crippen molar-refractivity contribution in [2.45, 2.75) is 39.0 Å². The molecule has 1 aromatic rings. The van der Waals surface area contributed by atoms with E-state index in [-0.39, 0.29) is 31.1 Å². The summed E-state index contributed by atoms with van der Waals surface area (Å²) in [5.41, 5.74) is 1.79. The SMILES string of the molecule is CCc1ccc(C(=O)CCC(=O)N2CCCC(C(=O)O)C2)cc1. The Balaban J connectivity index is 1.85. The van der Waals surface area contributed by atoms with E-state index in [1.165, 1.54) is 5.56 Å². The van der Waals surface area contributed by atoms with Gasteiger partial charge in [0.25, 0.3) is 0 Å². The van der Waals surface area contributed by atoms with E-state index in [4.69, 9.17) is 5.11 Å². The Morgan fingerprint density at radius 1 is 1.17 bits per heavy atom. The minimum atomic E-state index is -0.852. The zero-order chi connectivity index (χ0) is 16.8. The number of carbonyl (C=O) groups is 3. The molecular weight excluding hydrogens is 294 g/mol. The fourth-order valence-electron chi connectivity index (χ4n) is 2.85. The maximum atomic E-state index is 12.2. The molecule has 0 saturated carbocycles. The van der Waals surface area contributed by atoms with E-state index < -0.39 is 11.9 Å².